The van der Waals surface area contributed by atoms with E-state index in [1.54, 1.807) is 5.01 Å². The Bertz CT molecular complexity index is 253. The predicted octanol–water partition coefficient (Wildman–Crippen LogP) is -0.746. The third kappa shape index (κ3) is 4.45. The van der Waals surface area contributed by atoms with Crippen molar-refractivity contribution in [3.05, 3.63) is 0 Å². The minimum Gasteiger partial charge on any atom is -0.481 e. The smallest absolute Gasteiger partial charge is 0.329 e. The van der Waals surface area contributed by atoms with Gasteiger partial charge in [-0.1, -0.05) is 6.92 Å². The average molecular weight is 231 g/mol. The van der Waals surface area contributed by atoms with E-state index in [4.69, 9.17) is 9.84 Å². The number of hydrogen-bond donors (Lipinski definition) is 3. The van der Waals surface area contributed by atoms with E-state index in [1.807, 2.05) is 0 Å². The van der Waals surface area contributed by atoms with Gasteiger partial charge in [-0.05, 0) is 0 Å². The Morgan fingerprint density at radius 1 is 1.44 bits per heavy atom. The highest BCUT2D eigenvalue weighted by atomic mass is 16.5. The zero-order valence-corrected chi connectivity index (χ0v) is 9.23. The van der Waals surface area contributed by atoms with E-state index in [9.17, 15) is 9.59 Å². The summed E-state index contributed by atoms with van der Waals surface area (Å²) >= 11 is 0. The van der Waals surface area contributed by atoms with Crippen molar-refractivity contribution in [1.82, 2.24) is 15.8 Å². The van der Waals surface area contributed by atoms with Crippen LogP contribution >= 0.6 is 0 Å². The molecule has 0 aromatic carbocycles. The highest BCUT2D eigenvalue weighted by molar-refractivity contribution is 5.75. The Morgan fingerprint density at radius 3 is 2.62 bits per heavy atom. The van der Waals surface area contributed by atoms with Crippen LogP contribution in [0.15, 0.2) is 0 Å². The predicted molar refractivity (Wildman–Crippen MR) is 55.7 cm³/mol. The summed E-state index contributed by atoms with van der Waals surface area (Å²) in [4.78, 5) is 21.8. The summed E-state index contributed by atoms with van der Waals surface area (Å²) < 4.78 is 5.12. The number of carbonyl (C=O) groups is 2. The zero-order valence-electron chi connectivity index (χ0n) is 9.23. The Hall–Kier alpha value is -1.34. The molecule has 0 spiro atoms. The van der Waals surface area contributed by atoms with Gasteiger partial charge in [0.05, 0.1) is 19.1 Å². The number of carboxylic acids is 1. The molecule has 1 saturated heterocycles. The first kappa shape index (κ1) is 12.7. The Kier molecular flexibility index (Phi) is 5.00. The van der Waals surface area contributed by atoms with E-state index in [0.717, 1.165) is 0 Å². The summed E-state index contributed by atoms with van der Waals surface area (Å²) in [6, 6.07) is -0.380. The van der Waals surface area contributed by atoms with Crippen molar-refractivity contribution in [2.45, 2.75) is 6.92 Å². The molecule has 0 aliphatic carbocycles. The number of carbonyl (C=O) groups excluding carboxylic acids is 1. The molecule has 92 valence electrons. The van der Waals surface area contributed by atoms with Crippen LogP contribution in [0.25, 0.3) is 0 Å². The van der Waals surface area contributed by atoms with Crippen LogP contribution in [-0.2, 0) is 9.53 Å². The summed E-state index contributed by atoms with van der Waals surface area (Å²) in [5, 5.41) is 12.9. The molecule has 2 amide bonds. The first-order valence-electron chi connectivity index (χ1n) is 5.19. The summed E-state index contributed by atoms with van der Waals surface area (Å²) in [6.07, 6.45) is 0. The molecular weight excluding hydrogens is 214 g/mol. The van der Waals surface area contributed by atoms with E-state index in [1.165, 1.54) is 6.92 Å². The number of morpholine rings is 1. The molecule has 7 heteroatoms. The molecule has 1 heterocycles. The van der Waals surface area contributed by atoms with E-state index in [0.29, 0.717) is 26.3 Å². The number of hydrogen-bond acceptors (Lipinski definition) is 4. The molecule has 0 aromatic heterocycles. The summed E-state index contributed by atoms with van der Waals surface area (Å²) in [5.41, 5.74) is 2.62. The van der Waals surface area contributed by atoms with Gasteiger partial charge in [0, 0.05) is 19.6 Å². The highest BCUT2D eigenvalue weighted by Gasteiger charge is 2.15. The Morgan fingerprint density at radius 2 is 2.06 bits per heavy atom. The van der Waals surface area contributed by atoms with Gasteiger partial charge in [0.15, 0.2) is 0 Å². The minimum absolute atomic E-state index is 0.117. The molecule has 16 heavy (non-hydrogen) atoms. The van der Waals surface area contributed by atoms with Crippen LogP contribution in [0, 0.1) is 5.92 Å². The van der Waals surface area contributed by atoms with Crippen molar-refractivity contribution in [2.24, 2.45) is 5.92 Å². The van der Waals surface area contributed by atoms with E-state index < -0.39 is 11.9 Å². The van der Waals surface area contributed by atoms with Gasteiger partial charge < -0.3 is 15.2 Å². The second kappa shape index (κ2) is 6.29. The standard InChI is InChI=1S/C9H17N3O4/c1-7(8(13)14)6-10-9(15)11-12-2-4-16-5-3-12/h7H,2-6H2,1H3,(H,13,14)(H2,10,11,15). The molecule has 7 nitrogen and oxygen atoms in total. The van der Waals surface area contributed by atoms with Gasteiger partial charge >= 0.3 is 12.0 Å². The van der Waals surface area contributed by atoms with Gasteiger partial charge in [-0.15, -0.1) is 0 Å². The van der Waals surface area contributed by atoms with Gasteiger partial charge in [-0.25, -0.2) is 9.80 Å². The number of nitrogens with zero attached hydrogens (tertiary/aromatic N) is 1. The van der Waals surface area contributed by atoms with Crippen LogP contribution in [0.4, 0.5) is 4.79 Å². The lowest BCUT2D eigenvalue weighted by atomic mass is 10.2. The molecule has 1 atom stereocenters. The van der Waals surface area contributed by atoms with E-state index in [2.05, 4.69) is 10.7 Å². The average Bonchev–Trinajstić information content (AvgIpc) is 2.27. The second-order valence-electron chi connectivity index (χ2n) is 3.66. The molecule has 1 aliphatic heterocycles. The third-order valence-electron chi connectivity index (χ3n) is 2.26. The van der Waals surface area contributed by atoms with Crippen molar-refractivity contribution in [1.29, 1.82) is 0 Å². The lowest BCUT2D eigenvalue weighted by Crippen LogP contribution is -2.52. The lowest BCUT2D eigenvalue weighted by Gasteiger charge is -2.27. The topological polar surface area (TPSA) is 90.9 Å². The first-order valence-corrected chi connectivity index (χ1v) is 5.19. The number of nitrogens with one attached hydrogen (secondary N) is 2. The summed E-state index contributed by atoms with van der Waals surface area (Å²) in [6.45, 7) is 4.12. The third-order valence-corrected chi connectivity index (χ3v) is 2.26. The van der Waals surface area contributed by atoms with Crippen LogP contribution in [-0.4, -0.2) is 55.0 Å². The van der Waals surface area contributed by atoms with Gasteiger partial charge in [0.1, 0.15) is 0 Å². The Balaban J connectivity index is 2.17. The largest absolute Gasteiger partial charge is 0.481 e. The quantitative estimate of drug-likeness (QED) is 0.592. The maximum absolute atomic E-state index is 11.3. The molecular formula is C9H17N3O4. The van der Waals surface area contributed by atoms with Crippen LogP contribution < -0.4 is 10.7 Å². The highest BCUT2D eigenvalue weighted by Crippen LogP contribution is 1.93. The molecule has 0 saturated carbocycles. The monoisotopic (exact) mass is 231 g/mol. The van der Waals surface area contributed by atoms with E-state index >= 15 is 0 Å². The fourth-order valence-electron chi connectivity index (χ4n) is 1.19. The van der Waals surface area contributed by atoms with Crippen LogP contribution in [0.2, 0.25) is 0 Å². The fraction of sp³-hybridized carbons (Fsp3) is 0.778. The van der Waals surface area contributed by atoms with Crippen LogP contribution in [0.3, 0.4) is 0 Å². The number of ether oxygens (including phenoxy) is 1. The number of amides is 2. The zero-order chi connectivity index (χ0) is 12.0. The lowest BCUT2D eigenvalue weighted by molar-refractivity contribution is -0.140. The van der Waals surface area contributed by atoms with Crippen molar-refractivity contribution >= 4 is 12.0 Å². The maximum Gasteiger partial charge on any atom is 0.329 e. The molecule has 3 N–H and O–H groups in total. The molecule has 1 unspecified atom stereocenters. The normalized spacial score (nSPS) is 18.8. The van der Waals surface area contributed by atoms with Gasteiger partial charge in [-0.3, -0.25) is 10.2 Å². The second-order valence-corrected chi connectivity index (χ2v) is 3.66. The summed E-state index contributed by atoms with van der Waals surface area (Å²) in [5.74, 6) is -1.51. The van der Waals surface area contributed by atoms with E-state index in [-0.39, 0.29) is 12.6 Å². The van der Waals surface area contributed by atoms with Gasteiger partial charge in [-0.2, -0.15) is 0 Å². The number of aliphatic carboxylic acids is 1. The number of carboxylic acid groups (broad SMARTS) is 1. The first-order chi connectivity index (χ1) is 7.59. The number of rotatable bonds is 4. The van der Waals surface area contributed by atoms with Crippen LogP contribution in [0.5, 0.6) is 0 Å². The number of urea groups is 1. The molecule has 0 bridgehead atoms. The van der Waals surface area contributed by atoms with Crippen molar-refractivity contribution in [3.63, 3.8) is 0 Å². The Labute approximate surface area is 93.7 Å². The minimum atomic E-state index is -0.924. The van der Waals surface area contributed by atoms with Crippen molar-refractivity contribution in [2.75, 3.05) is 32.8 Å². The van der Waals surface area contributed by atoms with Crippen molar-refractivity contribution in [3.8, 4) is 0 Å². The molecule has 1 fully saturated rings. The molecule has 0 radical (unpaired) electrons. The molecule has 1 aliphatic rings. The van der Waals surface area contributed by atoms with Crippen molar-refractivity contribution < 1.29 is 19.4 Å². The van der Waals surface area contributed by atoms with Gasteiger partial charge in [0.25, 0.3) is 0 Å². The fourth-order valence-corrected chi connectivity index (χ4v) is 1.19. The SMILES string of the molecule is CC(CNC(=O)NN1CCOCC1)C(=O)O. The maximum atomic E-state index is 11.3. The molecule has 1 rings (SSSR count). The van der Waals surface area contributed by atoms with Gasteiger partial charge in [0.2, 0.25) is 0 Å². The molecule has 0 aromatic rings. The number of hydrazine groups is 1. The summed E-state index contributed by atoms with van der Waals surface area (Å²) in [7, 11) is 0. The van der Waals surface area contributed by atoms with Crippen LogP contribution in [0.1, 0.15) is 6.92 Å².